The molecule has 9 heteroatoms. The van der Waals surface area contributed by atoms with Gasteiger partial charge in [-0.1, -0.05) is 0 Å². The SMILES string of the molecule is Cl.Cl.NCCOCCN1CCN(CC(F)(F)F)CC1. The summed E-state index contributed by atoms with van der Waals surface area (Å²) < 4.78 is 41.6. The highest BCUT2D eigenvalue weighted by Crippen LogP contribution is 2.17. The van der Waals surface area contributed by atoms with E-state index < -0.39 is 12.7 Å². The summed E-state index contributed by atoms with van der Waals surface area (Å²) >= 11 is 0. The Kier molecular flexibility index (Phi) is 12.4. The maximum atomic E-state index is 12.1. The quantitative estimate of drug-likeness (QED) is 0.739. The lowest BCUT2D eigenvalue weighted by Gasteiger charge is -2.34. The van der Waals surface area contributed by atoms with Crippen LogP contribution >= 0.6 is 24.8 Å². The van der Waals surface area contributed by atoms with E-state index in [1.165, 1.54) is 4.90 Å². The number of piperazine rings is 1. The van der Waals surface area contributed by atoms with E-state index in [0.29, 0.717) is 45.9 Å². The van der Waals surface area contributed by atoms with Crippen molar-refractivity contribution in [3.8, 4) is 0 Å². The number of halogens is 5. The van der Waals surface area contributed by atoms with Crippen molar-refractivity contribution in [1.29, 1.82) is 0 Å². The van der Waals surface area contributed by atoms with Gasteiger partial charge in [-0.05, 0) is 0 Å². The van der Waals surface area contributed by atoms with Gasteiger partial charge in [-0.25, -0.2) is 0 Å². The molecule has 0 aliphatic carbocycles. The Morgan fingerprint density at radius 2 is 1.47 bits per heavy atom. The molecule has 0 bridgehead atoms. The summed E-state index contributed by atoms with van der Waals surface area (Å²) in [5, 5.41) is 0. The lowest BCUT2D eigenvalue weighted by atomic mass is 10.3. The zero-order valence-electron chi connectivity index (χ0n) is 10.7. The Balaban J connectivity index is 0. The zero-order valence-corrected chi connectivity index (χ0v) is 12.3. The summed E-state index contributed by atoms with van der Waals surface area (Å²) in [5.41, 5.74) is 5.27. The molecular weight excluding hydrogens is 306 g/mol. The van der Waals surface area contributed by atoms with Crippen LogP contribution in [0.25, 0.3) is 0 Å². The molecule has 1 saturated heterocycles. The highest BCUT2D eigenvalue weighted by atomic mass is 35.5. The number of hydrogen-bond donors (Lipinski definition) is 1. The summed E-state index contributed by atoms with van der Waals surface area (Å²) in [6.07, 6.45) is -4.09. The number of alkyl halides is 3. The average Bonchev–Trinajstić information content (AvgIpc) is 2.25. The molecule has 2 N–H and O–H groups in total. The van der Waals surface area contributed by atoms with Gasteiger partial charge in [0.2, 0.25) is 0 Å². The molecule has 1 fully saturated rings. The van der Waals surface area contributed by atoms with Gasteiger partial charge >= 0.3 is 6.18 Å². The van der Waals surface area contributed by atoms with E-state index in [-0.39, 0.29) is 24.8 Å². The highest BCUT2D eigenvalue weighted by molar-refractivity contribution is 5.85. The van der Waals surface area contributed by atoms with Crippen LogP contribution in [-0.4, -0.2) is 75.0 Å². The predicted octanol–water partition coefficient (Wildman–Crippen LogP) is 0.985. The van der Waals surface area contributed by atoms with Crippen molar-refractivity contribution in [1.82, 2.24) is 9.80 Å². The molecule has 1 rings (SSSR count). The number of ether oxygens (including phenoxy) is 1. The first kappa shape index (κ1) is 21.5. The Hall–Kier alpha value is 0.210. The smallest absolute Gasteiger partial charge is 0.379 e. The predicted molar refractivity (Wildman–Crippen MR) is 73.3 cm³/mol. The first-order chi connectivity index (χ1) is 8.01. The van der Waals surface area contributed by atoms with Gasteiger partial charge in [0, 0.05) is 39.3 Å². The molecule has 0 spiro atoms. The molecule has 0 aromatic heterocycles. The molecule has 0 aromatic carbocycles. The van der Waals surface area contributed by atoms with E-state index in [2.05, 4.69) is 4.90 Å². The van der Waals surface area contributed by atoms with Crippen LogP contribution in [0.1, 0.15) is 0 Å². The van der Waals surface area contributed by atoms with E-state index in [1.807, 2.05) is 0 Å². The lowest BCUT2D eigenvalue weighted by molar-refractivity contribution is -0.149. The molecule has 1 heterocycles. The van der Waals surface area contributed by atoms with Crippen molar-refractivity contribution < 1.29 is 17.9 Å². The minimum atomic E-state index is -4.09. The van der Waals surface area contributed by atoms with Crippen molar-refractivity contribution in [2.75, 3.05) is 59.0 Å². The van der Waals surface area contributed by atoms with Crippen LogP contribution in [0.2, 0.25) is 0 Å². The van der Waals surface area contributed by atoms with Crippen molar-refractivity contribution in [3.05, 3.63) is 0 Å². The zero-order chi connectivity index (χ0) is 12.7. The number of hydrogen-bond acceptors (Lipinski definition) is 4. The third-order valence-electron chi connectivity index (χ3n) is 2.68. The fraction of sp³-hybridized carbons (Fsp3) is 1.00. The van der Waals surface area contributed by atoms with Crippen molar-refractivity contribution in [3.63, 3.8) is 0 Å². The van der Waals surface area contributed by atoms with Crippen molar-refractivity contribution in [2.24, 2.45) is 5.73 Å². The molecule has 0 aromatic rings. The largest absolute Gasteiger partial charge is 0.401 e. The number of nitrogens with two attached hydrogens (primary N) is 1. The second-order valence-electron chi connectivity index (χ2n) is 4.13. The topological polar surface area (TPSA) is 41.7 Å². The molecule has 1 aliphatic heterocycles. The first-order valence-corrected chi connectivity index (χ1v) is 5.80. The van der Waals surface area contributed by atoms with Gasteiger partial charge in [0.25, 0.3) is 0 Å². The Morgan fingerprint density at radius 3 is 1.95 bits per heavy atom. The van der Waals surface area contributed by atoms with E-state index in [9.17, 15) is 13.2 Å². The molecule has 0 unspecified atom stereocenters. The fourth-order valence-electron chi connectivity index (χ4n) is 1.80. The maximum Gasteiger partial charge on any atom is 0.401 e. The van der Waals surface area contributed by atoms with Crippen molar-refractivity contribution in [2.45, 2.75) is 6.18 Å². The van der Waals surface area contributed by atoms with Gasteiger partial charge in [-0.15, -0.1) is 24.8 Å². The standard InChI is InChI=1S/C10H20F3N3O.2ClH/c11-10(12,13)9-16-4-2-15(3-5-16)6-8-17-7-1-14;;/h1-9,14H2;2*1H. The Morgan fingerprint density at radius 1 is 0.947 bits per heavy atom. The molecule has 4 nitrogen and oxygen atoms in total. The van der Waals surface area contributed by atoms with E-state index in [0.717, 1.165) is 6.54 Å². The van der Waals surface area contributed by atoms with Gasteiger partial charge in [0.15, 0.2) is 0 Å². The molecule has 0 amide bonds. The van der Waals surface area contributed by atoms with Gasteiger partial charge in [0.1, 0.15) is 0 Å². The number of nitrogens with zero attached hydrogens (tertiary/aromatic N) is 2. The van der Waals surface area contributed by atoms with Crippen LogP contribution < -0.4 is 5.73 Å². The maximum absolute atomic E-state index is 12.1. The summed E-state index contributed by atoms with van der Waals surface area (Å²) in [6.45, 7) is 3.87. The van der Waals surface area contributed by atoms with Gasteiger partial charge < -0.3 is 10.5 Å². The van der Waals surface area contributed by atoms with Crippen LogP contribution in [-0.2, 0) is 4.74 Å². The molecule has 0 saturated carbocycles. The van der Waals surface area contributed by atoms with E-state index >= 15 is 0 Å². The first-order valence-electron chi connectivity index (χ1n) is 5.80. The third-order valence-corrected chi connectivity index (χ3v) is 2.68. The van der Waals surface area contributed by atoms with E-state index in [1.54, 1.807) is 0 Å². The summed E-state index contributed by atoms with van der Waals surface area (Å²) in [7, 11) is 0. The van der Waals surface area contributed by atoms with Gasteiger partial charge in [-0.3, -0.25) is 9.80 Å². The molecule has 19 heavy (non-hydrogen) atoms. The molecule has 1 aliphatic rings. The molecule has 0 radical (unpaired) electrons. The third kappa shape index (κ3) is 10.6. The summed E-state index contributed by atoms with van der Waals surface area (Å²) in [5.74, 6) is 0. The lowest BCUT2D eigenvalue weighted by Crippen LogP contribution is -2.49. The van der Waals surface area contributed by atoms with Crippen LogP contribution in [0, 0.1) is 0 Å². The normalized spacial score (nSPS) is 17.7. The van der Waals surface area contributed by atoms with Gasteiger partial charge in [0.05, 0.1) is 19.8 Å². The molecule has 118 valence electrons. The van der Waals surface area contributed by atoms with Crippen LogP contribution in [0.15, 0.2) is 0 Å². The second-order valence-corrected chi connectivity index (χ2v) is 4.13. The Labute approximate surface area is 124 Å². The van der Waals surface area contributed by atoms with Crippen LogP contribution in [0.5, 0.6) is 0 Å². The summed E-state index contributed by atoms with van der Waals surface area (Å²) in [4.78, 5) is 3.56. The van der Waals surface area contributed by atoms with Crippen LogP contribution in [0.3, 0.4) is 0 Å². The van der Waals surface area contributed by atoms with Gasteiger partial charge in [-0.2, -0.15) is 13.2 Å². The van der Waals surface area contributed by atoms with E-state index in [4.69, 9.17) is 10.5 Å². The van der Waals surface area contributed by atoms with Crippen LogP contribution in [0.4, 0.5) is 13.2 Å². The minimum Gasteiger partial charge on any atom is -0.379 e. The molecule has 0 atom stereocenters. The summed E-state index contributed by atoms with van der Waals surface area (Å²) in [6, 6.07) is 0. The fourth-order valence-corrected chi connectivity index (χ4v) is 1.80. The Bertz CT molecular complexity index is 215. The van der Waals surface area contributed by atoms with Crippen molar-refractivity contribution >= 4 is 24.8 Å². The minimum absolute atomic E-state index is 0. The highest BCUT2D eigenvalue weighted by Gasteiger charge is 2.31. The number of rotatable bonds is 6. The average molecular weight is 328 g/mol. The monoisotopic (exact) mass is 327 g/mol. The molecular formula is C10H22Cl2F3N3O. The second kappa shape index (κ2) is 10.9.